The van der Waals surface area contributed by atoms with Gasteiger partial charge in [-0.3, -0.25) is 4.79 Å². The van der Waals surface area contributed by atoms with Gasteiger partial charge in [0, 0.05) is 7.11 Å². The monoisotopic (exact) mass is 306 g/mol. The van der Waals surface area contributed by atoms with Crippen molar-refractivity contribution in [1.82, 2.24) is 10.6 Å². The summed E-state index contributed by atoms with van der Waals surface area (Å²) in [4.78, 5) is 12.5. The summed E-state index contributed by atoms with van der Waals surface area (Å²) in [6, 6.07) is 7.88. The first-order valence-corrected chi connectivity index (χ1v) is 7.84. The molecule has 0 spiro atoms. The summed E-state index contributed by atoms with van der Waals surface area (Å²) in [5, 5.41) is 6.28. The fourth-order valence-electron chi connectivity index (χ4n) is 2.85. The lowest BCUT2D eigenvalue weighted by Crippen LogP contribution is -2.50. The van der Waals surface area contributed by atoms with Crippen LogP contribution in [0.4, 0.5) is 0 Å². The van der Waals surface area contributed by atoms with E-state index in [0.717, 1.165) is 37.2 Å². The molecule has 1 amide bonds. The van der Waals surface area contributed by atoms with Gasteiger partial charge >= 0.3 is 0 Å². The van der Waals surface area contributed by atoms with Gasteiger partial charge in [0.25, 0.3) is 0 Å². The first-order valence-electron chi connectivity index (χ1n) is 7.84. The van der Waals surface area contributed by atoms with Crippen molar-refractivity contribution in [3.63, 3.8) is 0 Å². The molecule has 1 aliphatic rings. The van der Waals surface area contributed by atoms with Crippen LogP contribution in [0.25, 0.3) is 0 Å². The summed E-state index contributed by atoms with van der Waals surface area (Å²) in [5.41, 5.74) is 0.700. The van der Waals surface area contributed by atoms with Crippen LogP contribution >= 0.6 is 0 Å². The molecule has 1 saturated heterocycles. The predicted molar refractivity (Wildman–Crippen MR) is 86.1 cm³/mol. The van der Waals surface area contributed by atoms with Gasteiger partial charge < -0.3 is 20.1 Å². The summed E-state index contributed by atoms with van der Waals surface area (Å²) in [7, 11) is 1.65. The van der Waals surface area contributed by atoms with Crippen molar-refractivity contribution in [2.24, 2.45) is 5.41 Å². The van der Waals surface area contributed by atoms with Gasteiger partial charge in [-0.05, 0) is 44.5 Å². The zero-order valence-electron chi connectivity index (χ0n) is 13.5. The molecule has 1 fully saturated rings. The molecule has 2 rings (SSSR count). The fourth-order valence-corrected chi connectivity index (χ4v) is 2.85. The van der Waals surface area contributed by atoms with Crippen molar-refractivity contribution in [2.75, 3.05) is 40.0 Å². The predicted octanol–water partition coefficient (Wildman–Crippen LogP) is 1.51. The molecule has 122 valence electrons. The average molecular weight is 306 g/mol. The van der Waals surface area contributed by atoms with Gasteiger partial charge in [0.1, 0.15) is 12.4 Å². The maximum Gasteiger partial charge on any atom is 0.228 e. The Morgan fingerprint density at radius 2 is 2.05 bits per heavy atom. The van der Waals surface area contributed by atoms with Crippen LogP contribution in [0, 0.1) is 12.3 Å². The molecular formula is C17H26N2O3. The molecule has 1 aromatic rings. The molecule has 22 heavy (non-hydrogen) atoms. The Labute approximate surface area is 132 Å². The maximum atomic E-state index is 12.5. The number of piperidine rings is 1. The van der Waals surface area contributed by atoms with Gasteiger partial charge in [0.05, 0.1) is 18.6 Å². The van der Waals surface area contributed by atoms with Crippen molar-refractivity contribution in [1.29, 1.82) is 0 Å². The number of methoxy groups -OCH3 is 1. The lowest BCUT2D eigenvalue weighted by atomic mass is 9.78. The minimum atomic E-state index is -0.400. The van der Waals surface area contributed by atoms with Crippen LogP contribution in [0.3, 0.4) is 0 Å². The fraction of sp³-hybridized carbons (Fsp3) is 0.588. The van der Waals surface area contributed by atoms with Gasteiger partial charge in [-0.25, -0.2) is 0 Å². The molecule has 0 aromatic heterocycles. The van der Waals surface area contributed by atoms with Crippen molar-refractivity contribution in [3.8, 4) is 5.75 Å². The number of carbonyl (C=O) groups is 1. The molecular weight excluding hydrogens is 280 g/mol. The third kappa shape index (κ3) is 4.21. The van der Waals surface area contributed by atoms with E-state index >= 15 is 0 Å². The van der Waals surface area contributed by atoms with Gasteiger partial charge in [-0.15, -0.1) is 0 Å². The van der Waals surface area contributed by atoms with E-state index < -0.39 is 5.41 Å². The van der Waals surface area contributed by atoms with Crippen LogP contribution in [0.15, 0.2) is 24.3 Å². The van der Waals surface area contributed by atoms with E-state index in [0.29, 0.717) is 19.8 Å². The van der Waals surface area contributed by atoms with Crippen molar-refractivity contribution < 1.29 is 14.3 Å². The number of nitrogens with one attached hydrogen (secondary N) is 2. The highest BCUT2D eigenvalue weighted by atomic mass is 16.5. The van der Waals surface area contributed by atoms with Crippen LogP contribution in [0.1, 0.15) is 18.4 Å². The highest BCUT2D eigenvalue weighted by molar-refractivity contribution is 5.83. The number of carbonyl (C=O) groups excluding carboxylic acids is 1. The standard InChI is InChI=1S/C17H26N2O3/c1-14-5-3-4-6-15(14)22-12-11-19-16(20)17(13-21-2)7-9-18-10-8-17/h3-6,18H,7-13H2,1-2H3,(H,19,20). The van der Waals surface area contributed by atoms with Gasteiger partial charge in [0.15, 0.2) is 0 Å². The maximum absolute atomic E-state index is 12.5. The molecule has 0 radical (unpaired) electrons. The molecule has 1 heterocycles. The first-order chi connectivity index (χ1) is 10.7. The van der Waals surface area contributed by atoms with Crippen LogP contribution in [0.5, 0.6) is 5.75 Å². The second-order valence-electron chi connectivity index (χ2n) is 5.83. The molecule has 5 nitrogen and oxygen atoms in total. The Morgan fingerprint density at radius 3 is 2.73 bits per heavy atom. The van der Waals surface area contributed by atoms with E-state index in [1.165, 1.54) is 0 Å². The van der Waals surface area contributed by atoms with E-state index in [1.807, 2.05) is 31.2 Å². The van der Waals surface area contributed by atoms with Crippen molar-refractivity contribution >= 4 is 5.91 Å². The van der Waals surface area contributed by atoms with Crippen LogP contribution < -0.4 is 15.4 Å². The second-order valence-corrected chi connectivity index (χ2v) is 5.83. The molecule has 0 saturated carbocycles. The Bertz CT molecular complexity index is 479. The number of para-hydroxylation sites is 1. The lowest BCUT2D eigenvalue weighted by Gasteiger charge is -2.35. The van der Waals surface area contributed by atoms with Crippen molar-refractivity contribution in [2.45, 2.75) is 19.8 Å². The summed E-state index contributed by atoms with van der Waals surface area (Å²) < 4.78 is 11.0. The summed E-state index contributed by atoms with van der Waals surface area (Å²) in [6.07, 6.45) is 1.62. The van der Waals surface area contributed by atoms with E-state index in [4.69, 9.17) is 9.47 Å². The summed E-state index contributed by atoms with van der Waals surface area (Å²) in [5.74, 6) is 0.939. The number of hydrogen-bond donors (Lipinski definition) is 2. The number of amides is 1. The van der Waals surface area contributed by atoms with Gasteiger partial charge in [-0.2, -0.15) is 0 Å². The van der Waals surface area contributed by atoms with Crippen LogP contribution in [-0.4, -0.2) is 45.9 Å². The number of ether oxygens (including phenoxy) is 2. The number of aryl methyl sites for hydroxylation is 1. The molecule has 1 aromatic carbocycles. The number of benzene rings is 1. The topological polar surface area (TPSA) is 59.6 Å². The summed E-state index contributed by atoms with van der Waals surface area (Å²) in [6.45, 7) is 5.17. The van der Waals surface area contributed by atoms with Gasteiger partial charge in [0.2, 0.25) is 5.91 Å². The SMILES string of the molecule is COCC1(C(=O)NCCOc2ccccc2C)CCNCC1. The van der Waals surface area contributed by atoms with Crippen LogP contribution in [0.2, 0.25) is 0 Å². The quantitative estimate of drug-likeness (QED) is 0.750. The lowest BCUT2D eigenvalue weighted by molar-refractivity contribution is -0.136. The normalized spacial score (nSPS) is 17.0. The number of hydrogen-bond acceptors (Lipinski definition) is 4. The second kappa shape index (κ2) is 8.15. The Hall–Kier alpha value is -1.59. The third-order valence-corrected chi connectivity index (χ3v) is 4.20. The number of rotatable bonds is 7. The smallest absolute Gasteiger partial charge is 0.228 e. The van der Waals surface area contributed by atoms with E-state index in [-0.39, 0.29) is 5.91 Å². The van der Waals surface area contributed by atoms with Gasteiger partial charge in [-0.1, -0.05) is 18.2 Å². The minimum Gasteiger partial charge on any atom is -0.491 e. The Morgan fingerprint density at radius 1 is 1.32 bits per heavy atom. The molecule has 2 N–H and O–H groups in total. The zero-order valence-corrected chi connectivity index (χ0v) is 13.5. The van der Waals surface area contributed by atoms with E-state index in [1.54, 1.807) is 7.11 Å². The highest BCUT2D eigenvalue weighted by Crippen LogP contribution is 2.29. The molecule has 0 bridgehead atoms. The minimum absolute atomic E-state index is 0.0734. The molecule has 5 heteroatoms. The zero-order chi connectivity index (χ0) is 15.8. The molecule has 0 atom stereocenters. The molecule has 0 aliphatic carbocycles. The summed E-state index contributed by atoms with van der Waals surface area (Å²) >= 11 is 0. The average Bonchev–Trinajstić information content (AvgIpc) is 2.54. The van der Waals surface area contributed by atoms with E-state index in [2.05, 4.69) is 10.6 Å². The largest absolute Gasteiger partial charge is 0.491 e. The molecule has 1 aliphatic heterocycles. The Balaban J connectivity index is 1.80. The van der Waals surface area contributed by atoms with E-state index in [9.17, 15) is 4.79 Å². The van der Waals surface area contributed by atoms with Crippen molar-refractivity contribution in [3.05, 3.63) is 29.8 Å². The third-order valence-electron chi connectivity index (χ3n) is 4.20. The molecule has 0 unspecified atom stereocenters. The highest BCUT2D eigenvalue weighted by Gasteiger charge is 2.39. The van der Waals surface area contributed by atoms with Crippen LogP contribution in [-0.2, 0) is 9.53 Å². The first kappa shape index (κ1) is 16.8. The Kier molecular flexibility index (Phi) is 6.21.